The zero-order valence-corrected chi connectivity index (χ0v) is 8.92. The molecular weight excluding hydrogens is 263 g/mol. The molecule has 0 saturated carbocycles. The van der Waals surface area contributed by atoms with Gasteiger partial charge in [-0.05, 0) is 46.7 Å². The van der Waals surface area contributed by atoms with Crippen molar-refractivity contribution in [1.82, 2.24) is 0 Å². The third kappa shape index (κ3) is 1.76. The molecule has 0 bridgehead atoms. The van der Waals surface area contributed by atoms with Gasteiger partial charge in [0.05, 0.1) is 5.56 Å². The van der Waals surface area contributed by atoms with E-state index in [1.807, 2.05) is 19.1 Å². The Morgan fingerprint density at radius 1 is 1.58 bits per heavy atom. The van der Waals surface area contributed by atoms with Crippen LogP contribution in [0.1, 0.15) is 16.7 Å². The zero-order chi connectivity index (χ0) is 9.14. The molecule has 62 valence electrons. The number of aryl methyl sites for hydroxylation is 1. The van der Waals surface area contributed by atoms with E-state index in [1.165, 1.54) is 0 Å². The van der Waals surface area contributed by atoms with Crippen LogP contribution in [-0.4, -0.2) is 0 Å². The Hall–Kier alpha value is -0.600. The van der Waals surface area contributed by atoms with Crippen LogP contribution >= 0.6 is 22.6 Å². The number of nitriles is 1. The molecule has 1 rings (SSSR count). The highest BCUT2D eigenvalue weighted by Gasteiger charge is 2.04. The van der Waals surface area contributed by atoms with Crippen LogP contribution in [-0.2, 0) is 6.54 Å². The first-order valence-corrected chi connectivity index (χ1v) is 4.66. The van der Waals surface area contributed by atoms with E-state index in [4.69, 9.17) is 11.0 Å². The largest absolute Gasteiger partial charge is 0.326 e. The van der Waals surface area contributed by atoms with Crippen LogP contribution in [0.5, 0.6) is 0 Å². The molecule has 0 amide bonds. The summed E-state index contributed by atoms with van der Waals surface area (Å²) >= 11 is 2.16. The molecule has 0 unspecified atom stereocenters. The second kappa shape index (κ2) is 3.87. The first-order chi connectivity index (χ1) is 5.69. The number of benzene rings is 1. The summed E-state index contributed by atoms with van der Waals surface area (Å²) < 4.78 is 0.975. The Kier molecular flexibility index (Phi) is 3.06. The Balaban J connectivity index is 3.34. The SMILES string of the molecule is Cc1cc(C#N)c(I)c(CN)c1. The highest BCUT2D eigenvalue weighted by molar-refractivity contribution is 14.1. The average Bonchev–Trinajstić information content (AvgIpc) is 2.08. The molecule has 2 nitrogen and oxygen atoms in total. The third-order valence-electron chi connectivity index (χ3n) is 1.63. The fourth-order valence-corrected chi connectivity index (χ4v) is 1.73. The van der Waals surface area contributed by atoms with Crippen molar-refractivity contribution in [3.63, 3.8) is 0 Å². The van der Waals surface area contributed by atoms with Gasteiger partial charge in [-0.2, -0.15) is 5.26 Å². The number of halogens is 1. The Bertz CT molecular complexity index is 339. The van der Waals surface area contributed by atoms with Crippen molar-refractivity contribution < 1.29 is 0 Å². The molecule has 0 aliphatic heterocycles. The number of rotatable bonds is 1. The average molecular weight is 272 g/mol. The van der Waals surface area contributed by atoms with Gasteiger partial charge >= 0.3 is 0 Å². The molecule has 3 heteroatoms. The maximum atomic E-state index is 8.77. The summed E-state index contributed by atoms with van der Waals surface area (Å²) in [6, 6.07) is 6.04. The van der Waals surface area contributed by atoms with Crippen LogP contribution in [0.2, 0.25) is 0 Å². The molecule has 1 aromatic rings. The number of hydrogen-bond acceptors (Lipinski definition) is 2. The summed E-state index contributed by atoms with van der Waals surface area (Å²) in [7, 11) is 0. The fraction of sp³-hybridized carbons (Fsp3) is 0.222. The summed E-state index contributed by atoms with van der Waals surface area (Å²) in [5, 5.41) is 8.77. The van der Waals surface area contributed by atoms with Crippen molar-refractivity contribution in [2.75, 3.05) is 0 Å². The van der Waals surface area contributed by atoms with Crippen molar-refractivity contribution in [3.8, 4) is 6.07 Å². The van der Waals surface area contributed by atoms with Crippen molar-refractivity contribution in [3.05, 3.63) is 32.4 Å². The first-order valence-electron chi connectivity index (χ1n) is 3.58. The lowest BCUT2D eigenvalue weighted by Gasteiger charge is -2.04. The molecule has 0 fully saturated rings. The van der Waals surface area contributed by atoms with Crippen LogP contribution in [0.25, 0.3) is 0 Å². The van der Waals surface area contributed by atoms with Crippen LogP contribution in [0.15, 0.2) is 12.1 Å². The standard InChI is InChI=1S/C9H9IN2/c1-6-2-7(4-11)9(10)8(3-6)5-12/h2-3H,4,11H2,1H3. The Morgan fingerprint density at radius 2 is 2.25 bits per heavy atom. The molecule has 0 radical (unpaired) electrons. The van der Waals surface area contributed by atoms with Gasteiger partial charge in [-0.15, -0.1) is 0 Å². The molecule has 12 heavy (non-hydrogen) atoms. The molecule has 0 saturated heterocycles. The normalized spacial score (nSPS) is 9.50. The van der Waals surface area contributed by atoms with Gasteiger partial charge in [-0.1, -0.05) is 6.07 Å². The minimum Gasteiger partial charge on any atom is -0.326 e. The van der Waals surface area contributed by atoms with Gasteiger partial charge in [0.1, 0.15) is 6.07 Å². The minimum absolute atomic E-state index is 0.495. The highest BCUT2D eigenvalue weighted by atomic mass is 127. The Labute approximate surface area is 85.5 Å². The van der Waals surface area contributed by atoms with Crippen LogP contribution < -0.4 is 5.73 Å². The van der Waals surface area contributed by atoms with Gasteiger partial charge in [0, 0.05) is 10.1 Å². The third-order valence-corrected chi connectivity index (χ3v) is 2.91. The summed E-state index contributed by atoms with van der Waals surface area (Å²) in [4.78, 5) is 0. The predicted molar refractivity (Wildman–Crippen MR) is 56.5 cm³/mol. The van der Waals surface area contributed by atoms with Crippen molar-refractivity contribution in [1.29, 1.82) is 5.26 Å². The highest BCUT2D eigenvalue weighted by Crippen LogP contribution is 2.18. The lowest BCUT2D eigenvalue weighted by molar-refractivity contribution is 1.05. The van der Waals surface area contributed by atoms with Crippen LogP contribution in [0.3, 0.4) is 0 Å². The van der Waals surface area contributed by atoms with Crippen molar-refractivity contribution in [2.45, 2.75) is 13.5 Å². The maximum Gasteiger partial charge on any atom is 0.100 e. The molecular formula is C9H9IN2. The Morgan fingerprint density at radius 3 is 2.75 bits per heavy atom. The van der Waals surface area contributed by atoms with Gasteiger partial charge in [-0.3, -0.25) is 0 Å². The van der Waals surface area contributed by atoms with E-state index in [0.29, 0.717) is 6.54 Å². The number of nitrogens with zero attached hydrogens (tertiary/aromatic N) is 1. The smallest absolute Gasteiger partial charge is 0.100 e. The predicted octanol–water partition coefficient (Wildman–Crippen LogP) is 1.93. The summed E-state index contributed by atoms with van der Waals surface area (Å²) in [5.41, 5.74) is 8.39. The minimum atomic E-state index is 0.495. The number of hydrogen-bond donors (Lipinski definition) is 1. The summed E-state index contributed by atoms with van der Waals surface area (Å²) in [6.07, 6.45) is 0. The van der Waals surface area contributed by atoms with E-state index in [2.05, 4.69) is 28.7 Å². The molecule has 1 aromatic carbocycles. The van der Waals surface area contributed by atoms with Crippen molar-refractivity contribution in [2.24, 2.45) is 5.73 Å². The van der Waals surface area contributed by atoms with E-state index in [-0.39, 0.29) is 0 Å². The molecule has 0 atom stereocenters. The van der Waals surface area contributed by atoms with Crippen LogP contribution in [0.4, 0.5) is 0 Å². The van der Waals surface area contributed by atoms with Gasteiger partial charge in [0.15, 0.2) is 0 Å². The summed E-state index contributed by atoms with van der Waals surface area (Å²) in [6.45, 7) is 2.46. The molecule has 0 aliphatic carbocycles. The topological polar surface area (TPSA) is 49.8 Å². The molecule has 0 heterocycles. The van der Waals surface area contributed by atoms with E-state index >= 15 is 0 Å². The second-order valence-corrected chi connectivity index (χ2v) is 3.68. The van der Waals surface area contributed by atoms with Gasteiger partial charge in [-0.25, -0.2) is 0 Å². The van der Waals surface area contributed by atoms with E-state index in [0.717, 1.165) is 20.3 Å². The number of nitrogens with two attached hydrogens (primary N) is 1. The molecule has 0 aromatic heterocycles. The molecule has 2 N–H and O–H groups in total. The van der Waals surface area contributed by atoms with Gasteiger partial charge in [0.25, 0.3) is 0 Å². The second-order valence-electron chi connectivity index (χ2n) is 2.60. The van der Waals surface area contributed by atoms with E-state index in [9.17, 15) is 0 Å². The van der Waals surface area contributed by atoms with Crippen molar-refractivity contribution >= 4 is 22.6 Å². The van der Waals surface area contributed by atoms with Gasteiger partial charge < -0.3 is 5.73 Å². The van der Waals surface area contributed by atoms with Crippen LogP contribution in [0, 0.1) is 21.8 Å². The lowest BCUT2D eigenvalue weighted by atomic mass is 10.1. The maximum absolute atomic E-state index is 8.77. The fourth-order valence-electron chi connectivity index (χ4n) is 1.07. The molecule has 0 spiro atoms. The quantitative estimate of drug-likeness (QED) is 0.794. The zero-order valence-electron chi connectivity index (χ0n) is 6.76. The van der Waals surface area contributed by atoms with E-state index in [1.54, 1.807) is 0 Å². The summed E-state index contributed by atoms with van der Waals surface area (Å²) in [5.74, 6) is 0. The van der Waals surface area contributed by atoms with Gasteiger partial charge in [0.2, 0.25) is 0 Å². The molecule has 0 aliphatic rings. The lowest BCUT2D eigenvalue weighted by Crippen LogP contribution is -2.01. The first kappa shape index (κ1) is 9.49. The monoisotopic (exact) mass is 272 g/mol. The van der Waals surface area contributed by atoms with E-state index < -0.39 is 0 Å².